The fraction of sp³-hybridized carbons (Fsp3) is 0.529. The third kappa shape index (κ3) is 4.06. The molecule has 1 amide bonds. The van der Waals surface area contributed by atoms with Crippen molar-refractivity contribution >= 4 is 11.9 Å². The fourth-order valence-electron chi connectivity index (χ4n) is 3.01. The van der Waals surface area contributed by atoms with Gasteiger partial charge >= 0.3 is 5.97 Å². The summed E-state index contributed by atoms with van der Waals surface area (Å²) in [7, 11) is 0. The summed E-state index contributed by atoms with van der Waals surface area (Å²) in [6, 6.07) is 5.60. The molecule has 1 aliphatic carbocycles. The second kappa shape index (κ2) is 7.38. The van der Waals surface area contributed by atoms with E-state index in [0.717, 1.165) is 19.3 Å². The lowest BCUT2D eigenvalue weighted by atomic mass is 9.93. The molecule has 2 rings (SSSR count). The number of carboxylic acids is 1. The molecule has 1 aliphatic rings. The van der Waals surface area contributed by atoms with Crippen molar-refractivity contribution in [2.45, 2.75) is 51.0 Å². The molecule has 1 unspecified atom stereocenters. The quantitative estimate of drug-likeness (QED) is 0.840. The van der Waals surface area contributed by atoms with Crippen molar-refractivity contribution in [3.63, 3.8) is 0 Å². The summed E-state index contributed by atoms with van der Waals surface area (Å²) in [4.78, 5) is 23.8. The first kappa shape index (κ1) is 16.5. The normalized spacial score (nSPS) is 23.4. The standard InChI is InChI=1S/C17H22FNO3/c1-11(12-6-5-7-13(18)10-12)16(20)19-15-9-4-2-3-8-14(15)17(21)22/h5-7,10-11,14-15H,2-4,8-9H2,1H3,(H,19,20)(H,21,22)/t11?,14-,15+/m1/s1. The molecule has 1 fully saturated rings. The van der Waals surface area contributed by atoms with Crippen LogP contribution in [0.5, 0.6) is 0 Å². The first-order chi connectivity index (χ1) is 10.5. The van der Waals surface area contributed by atoms with E-state index in [-0.39, 0.29) is 17.8 Å². The Bertz CT molecular complexity index is 546. The van der Waals surface area contributed by atoms with E-state index in [2.05, 4.69) is 5.32 Å². The molecule has 5 heteroatoms. The first-order valence-electron chi connectivity index (χ1n) is 7.77. The van der Waals surface area contributed by atoms with E-state index < -0.39 is 17.8 Å². The van der Waals surface area contributed by atoms with Gasteiger partial charge in [0.2, 0.25) is 5.91 Å². The predicted molar refractivity (Wildman–Crippen MR) is 81.0 cm³/mol. The Hall–Kier alpha value is -1.91. The summed E-state index contributed by atoms with van der Waals surface area (Å²) in [6.07, 6.45) is 4.06. The van der Waals surface area contributed by atoms with E-state index in [0.29, 0.717) is 18.4 Å². The van der Waals surface area contributed by atoms with Crippen LogP contribution in [0.1, 0.15) is 50.5 Å². The Morgan fingerprint density at radius 2 is 2.00 bits per heavy atom. The van der Waals surface area contributed by atoms with Crippen LogP contribution >= 0.6 is 0 Å². The molecule has 0 aliphatic heterocycles. The van der Waals surface area contributed by atoms with Crippen molar-refractivity contribution in [2.75, 3.05) is 0 Å². The SMILES string of the molecule is CC(C(=O)N[C@H]1CCCCC[C@H]1C(=O)O)c1cccc(F)c1. The van der Waals surface area contributed by atoms with Gasteiger partial charge in [-0.05, 0) is 37.5 Å². The third-order valence-electron chi connectivity index (χ3n) is 4.40. The van der Waals surface area contributed by atoms with Gasteiger partial charge < -0.3 is 10.4 Å². The average Bonchev–Trinajstić information content (AvgIpc) is 2.72. The van der Waals surface area contributed by atoms with Crippen LogP contribution in [0.4, 0.5) is 4.39 Å². The van der Waals surface area contributed by atoms with Gasteiger partial charge in [0.1, 0.15) is 5.82 Å². The molecule has 2 N–H and O–H groups in total. The molecule has 0 radical (unpaired) electrons. The molecule has 3 atom stereocenters. The second-order valence-electron chi connectivity index (χ2n) is 5.97. The Balaban J connectivity index is 2.07. The Labute approximate surface area is 129 Å². The average molecular weight is 307 g/mol. The van der Waals surface area contributed by atoms with Gasteiger partial charge in [-0.15, -0.1) is 0 Å². The summed E-state index contributed by atoms with van der Waals surface area (Å²) in [5.41, 5.74) is 0.595. The topological polar surface area (TPSA) is 66.4 Å². The molecule has 1 aromatic carbocycles. The van der Waals surface area contributed by atoms with Crippen molar-refractivity contribution < 1.29 is 19.1 Å². The number of aliphatic carboxylic acids is 1. The van der Waals surface area contributed by atoms with Crippen LogP contribution in [0.25, 0.3) is 0 Å². The number of hydrogen-bond acceptors (Lipinski definition) is 2. The number of carbonyl (C=O) groups excluding carboxylic acids is 1. The fourth-order valence-corrected chi connectivity index (χ4v) is 3.01. The summed E-state index contributed by atoms with van der Waals surface area (Å²) in [6.45, 7) is 1.70. The van der Waals surface area contributed by atoms with Gasteiger partial charge in [0.25, 0.3) is 0 Å². The molecular formula is C17H22FNO3. The maximum absolute atomic E-state index is 13.3. The first-order valence-corrected chi connectivity index (χ1v) is 7.77. The Kier molecular flexibility index (Phi) is 5.52. The lowest BCUT2D eigenvalue weighted by Crippen LogP contribution is -2.44. The van der Waals surface area contributed by atoms with Gasteiger partial charge in [0, 0.05) is 6.04 Å². The summed E-state index contributed by atoms with van der Waals surface area (Å²) < 4.78 is 13.3. The monoisotopic (exact) mass is 307 g/mol. The number of halogens is 1. The number of carbonyl (C=O) groups is 2. The number of amides is 1. The molecule has 1 aromatic rings. The minimum absolute atomic E-state index is 0.247. The second-order valence-corrected chi connectivity index (χ2v) is 5.97. The summed E-state index contributed by atoms with van der Waals surface area (Å²) >= 11 is 0. The van der Waals surface area contributed by atoms with Crippen LogP contribution in [0.15, 0.2) is 24.3 Å². The molecule has 1 saturated carbocycles. The third-order valence-corrected chi connectivity index (χ3v) is 4.40. The van der Waals surface area contributed by atoms with E-state index in [1.165, 1.54) is 12.1 Å². The van der Waals surface area contributed by atoms with Crippen molar-refractivity contribution in [3.8, 4) is 0 Å². The number of carboxylic acid groups (broad SMARTS) is 1. The van der Waals surface area contributed by atoms with E-state index in [1.54, 1.807) is 19.1 Å². The molecule has 120 valence electrons. The predicted octanol–water partition coefficient (Wildman–Crippen LogP) is 3.08. The highest BCUT2D eigenvalue weighted by molar-refractivity contribution is 5.84. The van der Waals surface area contributed by atoms with Crippen molar-refractivity contribution in [3.05, 3.63) is 35.6 Å². The maximum atomic E-state index is 13.3. The van der Waals surface area contributed by atoms with Crippen molar-refractivity contribution in [1.82, 2.24) is 5.32 Å². The lowest BCUT2D eigenvalue weighted by Gasteiger charge is -2.24. The van der Waals surface area contributed by atoms with Crippen LogP contribution < -0.4 is 5.32 Å². The van der Waals surface area contributed by atoms with Crippen LogP contribution in [-0.4, -0.2) is 23.0 Å². The smallest absolute Gasteiger partial charge is 0.308 e. The van der Waals surface area contributed by atoms with Crippen molar-refractivity contribution in [1.29, 1.82) is 0 Å². The zero-order chi connectivity index (χ0) is 16.1. The highest BCUT2D eigenvalue weighted by atomic mass is 19.1. The van der Waals surface area contributed by atoms with E-state index in [4.69, 9.17) is 0 Å². The number of hydrogen-bond donors (Lipinski definition) is 2. The van der Waals surface area contributed by atoms with Crippen molar-refractivity contribution in [2.24, 2.45) is 5.92 Å². The van der Waals surface area contributed by atoms with Gasteiger partial charge in [-0.3, -0.25) is 9.59 Å². The minimum atomic E-state index is -0.856. The van der Waals surface area contributed by atoms with Gasteiger partial charge in [-0.1, -0.05) is 31.4 Å². The molecule has 0 saturated heterocycles. The summed E-state index contributed by atoms with van der Waals surface area (Å²) in [5, 5.41) is 12.2. The molecule has 0 spiro atoms. The molecule has 0 aromatic heterocycles. The van der Waals surface area contributed by atoms with Crippen LogP contribution in [0, 0.1) is 11.7 Å². The largest absolute Gasteiger partial charge is 0.481 e. The number of benzene rings is 1. The van der Waals surface area contributed by atoms with Gasteiger partial charge in [0.05, 0.1) is 11.8 Å². The molecule has 22 heavy (non-hydrogen) atoms. The zero-order valence-electron chi connectivity index (χ0n) is 12.7. The van der Waals surface area contributed by atoms with Gasteiger partial charge in [-0.25, -0.2) is 4.39 Å². The van der Waals surface area contributed by atoms with Crippen LogP contribution in [-0.2, 0) is 9.59 Å². The lowest BCUT2D eigenvalue weighted by molar-refractivity contribution is -0.143. The molecule has 0 bridgehead atoms. The van der Waals surface area contributed by atoms with E-state index in [9.17, 15) is 19.1 Å². The van der Waals surface area contributed by atoms with E-state index >= 15 is 0 Å². The highest BCUT2D eigenvalue weighted by Crippen LogP contribution is 2.25. The van der Waals surface area contributed by atoms with E-state index in [1.807, 2.05) is 0 Å². The molecule has 0 heterocycles. The van der Waals surface area contributed by atoms with Gasteiger partial charge in [0.15, 0.2) is 0 Å². The minimum Gasteiger partial charge on any atom is -0.481 e. The van der Waals surface area contributed by atoms with Gasteiger partial charge in [-0.2, -0.15) is 0 Å². The maximum Gasteiger partial charge on any atom is 0.308 e. The summed E-state index contributed by atoms with van der Waals surface area (Å²) in [5.74, 6) is -2.52. The molecule has 4 nitrogen and oxygen atoms in total. The number of rotatable bonds is 4. The number of nitrogens with one attached hydrogen (secondary N) is 1. The van der Waals surface area contributed by atoms with Crippen LogP contribution in [0.2, 0.25) is 0 Å². The highest BCUT2D eigenvalue weighted by Gasteiger charge is 2.31. The van der Waals surface area contributed by atoms with Crippen LogP contribution in [0.3, 0.4) is 0 Å². The zero-order valence-corrected chi connectivity index (χ0v) is 12.7. The molecular weight excluding hydrogens is 285 g/mol. The Morgan fingerprint density at radius 3 is 2.68 bits per heavy atom. The Morgan fingerprint density at radius 1 is 1.27 bits per heavy atom.